The molecule has 5 nitrogen and oxygen atoms in total. The molecule has 0 aliphatic rings. The van der Waals surface area contributed by atoms with E-state index in [9.17, 15) is 22.8 Å². The van der Waals surface area contributed by atoms with Gasteiger partial charge in [-0.2, -0.15) is 0 Å². The molecule has 28 heavy (non-hydrogen) atoms. The Morgan fingerprint density at radius 2 is 1.57 bits per heavy atom. The van der Waals surface area contributed by atoms with Gasteiger partial charge in [-0.15, -0.1) is 0 Å². The third-order valence-corrected chi connectivity index (χ3v) is 4.24. The maximum Gasteiger partial charge on any atom is 0.251 e. The first-order valence-corrected chi connectivity index (χ1v) is 8.88. The van der Waals surface area contributed by atoms with E-state index in [4.69, 9.17) is 0 Å². The van der Waals surface area contributed by atoms with Crippen molar-refractivity contribution >= 4 is 17.5 Å². The highest BCUT2D eigenvalue weighted by atomic mass is 19.2. The molecule has 2 rings (SSSR count). The van der Waals surface area contributed by atoms with Crippen molar-refractivity contribution in [1.29, 1.82) is 0 Å². The van der Waals surface area contributed by atoms with E-state index in [0.29, 0.717) is 11.6 Å². The Hall–Kier alpha value is -2.87. The Morgan fingerprint density at radius 1 is 0.929 bits per heavy atom. The zero-order valence-electron chi connectivity index (χ0n) is 15.7. The third kappa shape index (κ3) is 5.56. The summed E-state index contributed by atoms with van der Waals surface area (Å²) in [5.74, 6) is -5.77. The largest absolute Gasteiger partial charge is 0.343 e. The highest BCUT2D eigenvalue weighted by Gasteiger charge is 2.16. The van der Waals surface area contributed by atoms with E-state index in [1.165, 1.54) is 0 Å². The first-order valence-electron chi connectivity index (χ1n) is 8.88. The van der Waals surface area contributed by atoms with Crippen LogP contribution in [0.5, 0.6) is 0 Å². The molecule has 0 unspecified atom stereocenters. The molecule has 0 aliphatic carbocycles. The molecule has 0 saturated carbocycles. The number of carbonyl (C=O) groups excluding carboxylic acids is 2. The molecule has 0 aliphatic heterocycles. The van der Waals surface area contributed by atoms with Gasteiger partial charge in [0.15, 0.2) is 17.5 Å². The van der Waals surface area contributed by atoms with Gasteiger partial charge in [0.05, 0.1) is 12.2 Å². The first kappa shape index (κ1) is 21.4. The fraction of sp³-hybridized carbons (Fsp3) is 0.300. The summed E-state index contributed by atoms with van der Waals surface area (Å²) >= 11 is 0. The zero-order valence-corrected chi connectivity index (χ0v) is 15.7. The number of rotatable bonds is 8. The summed E-state index contributed by atoms with van der Waals surface area (Å²) in [6.45, 7) is 6.32. The van der Waals surface area contributed by atoms with Gasteiger partial charge in [0, 0.05) is 12.1 Å². The Balaban J connectivity index is 1.89. The average molecular weight is 393 g/mol. The zero-order chi connectivity index (χ0) is 20.7. The lowest BCUT2D eigenvalue weighted by atomic mass is 10.1. The van der Waals surface area contributed by atoms with Crippen LogP contribution in [0.2, 0.25) is 0 Å². The van der Waals surface area contributed by atoms with Crippen LogP contribution in [-0.2, 0) is 11.3 Å². The lowest BCUT2D eigenvalue weighted by Gasteiger charge is -2.18. The standard InChI is InChI=1S/C20H22F3N3O2/c1-3-26(4-2)12-13-5-7-14(8-6-13)20(28)24-11-17(27)25-16-10-9-15(21)18(22)19(16)23/h5-10H,3-4,11-12H2,1-2H3,(H,24,28)(H,25,27). The normalized spacial score (nSPS) is 10.8. The Morgan fingerprint density at radius 3 is 2.18 bits per heavy atom. The maximum absolute atomic E-state index is 13.5. The van der Waals surface area contributed by atoms with E-state index >= 15 is 0 Å². The summed E-state index contributed by atoms with van der Waals surface area (Å²) < 4.78 is 39.6. The minimum atomic E-state index is -1.67. The second-order valence-electron chi connectivity index (χ2n) is 6.11. The molecular weight excluding hydrogens is 371 g/mol. The highest BCUT2D eigenvalue weighted by molar-refractivity contribution is 5.99. The molecule has 2 aromatic rings. The van der Waals surface area contributed by atoms with Crippen LogP contribution in [0.1, 0.15) is 29.8 Å². The molecule has 0 saturated heterocycles. The number of halogens is 3. The Labute approximate surface area is 161 Å². The molecule has 2 N–H and O–H groups in total. The number of hydrogen-bond donors (Lipinski definition) is 2. The topological polar surface area (TPSA) is 61.4 Å². The van der Waals surface area contributed by atoms with Crippen molar-refractivity contribution in [3.63, 3.8) is 0 Å². The van der Waals surface area contributed by atoms with Gasteiger partial charge in [-0.3, -0.25) is 14.5 Å². The van der Waals surface area contributed by atoms with Gasteiger partial charge < -0.3 is 10.6 Å². The molecule has 0 fully saturated rings. The summed E-state index contributed by atoms with van der Waals surface area (Å²) in [6, 6.07) is 8.59. The second-order valence-corrected chi connectivity index (χ2v) is 6.11. The highest BCUT2D eigenvalue weighted by Crippen LogP contribution is 2.19. The molecule has 8 heteroatoms. The monoisotopic (exact) mass is 393 g/mol. The number of nitrogens with zero attached hydrogens (tertiary/aromatic N) is 1. The van der Waals surface area contributed by atoms with Gasteiger partial charge in [-0.1, -0.05) is 26.0 Å². The van der Waals surface area contributed by atoms with E-state index < -0.39 is 41.5 Å². The molecule has 0 atom stereocenters. The van der Waals surface area contributed by atoms with Crippen LogP contribution in [0.4, 0.5) is 18.9 Å². The van der Waals surface area contributed by atoms with Crippen LogP contribution in [0, 0.1) is 17.5 Å². The SMILES string of the molecule is CCN(CC)Cc1ccc(C(=O)NCC(=O)Nc2ccc(F)c(F)c2F)cc1. The van der Waals surface area contributed by atoms with E-state index in [-0.39, 0.29) is 0 Å². The van der Waals surface area contributed by atoms with E-state index in [2.05, 4.69) is 29.4 Å². The van der Waals surface area contributed by atoms with Crippen molar-refractivity contribution in [3.05, 3.63) is 65.0 Å². The third-order valence-electron chi connectivity index (χ3n) is 4.24. The van der Waals surface area contributed by atoms with Crippen LogP contribution < -0.4 is 10.6 Å². The minimum absolute atomic E-state index is 0.370. The Bertz CT molecular complexity index is 837. The molecule has 0 aromatic heterocycles. The van der Waals surface area contributed by atoms with Gasteiger partial charge in [0.2, 0.25) is 5.91 Å². The van der Waals surface area contributed by atoms with Crippen molar-refractivity contribution in [1.82, 2.24) is 10.2 Å². The average Bonchev–Trinajstić information content (AvgIpc) is 2.71. The van der Waals surface area contributed by atoms with E-state index in [1.54, 1.807) is 12.1 Å². The van der Waals surface area contributed by atoms with Crippen LogP contribution in [0.3, 0.4) is 0 Å². The van der Waals surface area contributed by atoms with Crippen molar-refractivity contribution in [3.8, 4) is 0 Å². The lowest BCUT2D eigenvalue weighted by Crippen LogP contribution is -2.33. The summed E-state index contributed by atoms with van der Waals surface area (Å²) in [6.07, 6.45) is 0. The molecule has 2 aromatic carbocycles. The van der Waals surface area contributed by atoms with Crippen LogP contribution in [0.25, 0.3) is 0 Å². The molecule has 0 radical (unpaired) electrons. The summed E-state index contributed by atoms with van der Waals surface area (Å²) in [4.78, 5) is 26.2. The van der Waals surface area contributed by atoms with Gasteiger partial charge >= 0.3 is 0 Å². The molecule has 0 spiro atoms. The van der Waals surface area contributed by atoms with E-state index in [1.807, 2.05) is 12.1 Å². The van der Waals surface area contributed by atoms with Gasteiger partial charge in [-0.25, -0.2) is 13.2 Å². The predicted molar refractivity (Wildman–Crippen MR) is 100 cm³/mol. The fourth-order valence-electron chi connectivity index (χ4n) is 2.55. The lowest BCUT2D eigenvalue weighted by molar-refractivity contribution is -0.115. The predicted octanol–water partition coefficient (Wildman–Crippen LogP) is 3.31. The number of anilines is 1. The second kappa shape index (κ2) is 9.89. The molecule has 0 bridgehead atoms. The number of nitrogens with one attached hydrogen (secondary N) is 2. The van der Waals surface area contributed by atoms with Crippen molar-refractivity contribution < 1.29 is 22.8 Å². The van der Waals surface area contributed by atoms with Crippen LogP contribution in [0.15, 0.2) is 36.4 Å². The number of hydrogen-bond acceptors (Lipinski definition) is 3. The van der Waals surface area contributed by atoms with Crippen LogP contribution in [-0.4, -0.2) is 36.3 Å². The quantitative estimate of drug-likeness (QED) is 0.677. The molecule has 2 amide bonds. The Kier molecular flexibility index (Phi) is 7.57. The smallest absolute Gasteiger partial charge is 0.251 e. The molecule has 0 heterocycles. The molecular formula is C20H22F3N3O2. The van der Waals surface area contributed by atoms with Gasteiger partial charge in [-0.05, 0) is 42.9 Å². The fourth-order valence-corrected chi connectivity index (χ4v) is 2.55. The van der Waals surface area contributed by atoms with Crippen molar-refractivity contribution in [2.45, 2.75) is 20.4 Å². The minimum Gasteiger partial charge on any atom is -0.343 e. The van der Waals surface area contributed by atoms with Crippen molar-refractivity contribution in [2.24, 2.45) is 0 Å². The van der Waals surface area contributed by atoms with Crippen LogP contribution >= 0.6 is 0 Å². The molecule has 150 valence electrons. The number of carbonyl (C=O) groups is 2. The summed E-state index contributed by atoms with van der Waals surface area (Å²) in [5, 5.41) is 4.48. The summed E-state index contributed by atoms with van der Waals surface area (Å²) in [5.41, 5.74) is 0.931. The van der Waals surface area contributed by atoms with Gasteiger partial charge in [0.1, 0.15) is 0 Å². The van der Waals surface area contributed by atoms with Crippen molar-refractivity contribution in [2.75, 3.05) is 25.0 Å². The van der Waals surface area contributed by atoms with E-state index in [0.717, 1.165) is 31.3 Å². The number of benzene rings is 2. The number of amides is 2. The van der Waals surface area contributed by atoms with Gasteiger partial charge in [0.25, 0.3) is 5.91 Å². The first-order chi connectivity index (χ1) is 13.3. The maximum atomic E-state index is 13.5. The summed E-state index contributed by atoms with van der Waals surface area (Å²) in [7, 11) is 0.